The van der Waals surface area contributed by atoms with E-state index in [1.165, 1.54) is 0 Å². The molecular weight excluding hydrogens is 206 g/mol. The molecule has 2 fully saturated rings. The Labute approximate surface area is 96.4 Å². The van der Waals surface area contributed by atoms with Crippen molar-refractivity contribution in [3.05, 3.63) is 0 Å². The number of carbonyl (C=O) groups excluding carboxylic acids is 1. The van der Waals surface area contributed by atoms with Crippen LogP contribution in [0.4, 0.5) is 0 Å². The summed E-state index contributed by atoms with van der Waals surface area (Å²) >= 11 is 0. The minimum absolute atomic E-state index is 0.147. The predicted octanol–water partition coefficient (Wildman–Crippen LogP) is -1.13. The first kappa shape index (κ1) is 11.8. The molecule has 0 aromatic carbocycles. The summed E-state index contributed by atoms with van der Waals surface area (Å²) in [7, 11) is 0. The fourth-order valence-corrected chi connectivity index (χ4v) is 2.30. The van der Waals surface area contributed by atoms with E-state index in [0.717, 1.165) is 32.6 Å². The molecule has 2 saturated heterocycles. The molecule has 0 spiro atoms. The van der Waals surface area contributed by atoms with Gasteiger partial charge in [-0.05, 0) is 26.4 Å². The lowest BCUT2D eigenvalue weighted by atomic mass is 9.97. The number of hydrogen-bond acceptors (Lipinski definition) is 4. The van der Waals surface area contributed by atoms with Gasteiger partial charge in [-0.2, -0.15) is 0 Å². The van der Waals surface area contributed by atoms with E-state index in [2.05, 4.69) is 10.2 Å². The fourth-order valence-electron chi connectivity index (χ4n) is 2.30. The SMILES string of the molecule is CC1(O)CN(C(=O)CN2CCCNCC2)C1. The lowest BCUT2D eigenvalue weighted by molar-refractivity contribution is -0.153. The van der Waals surface area contributed by atoms with Crippen molar-refractivity contribution in [2.75, 3.05) is 45.8 Å². The second-order valence-electron chi connectivity index (χ2n) is 5.13. The number of nitrogens with zero attached hydrogens (tertiary/aromatic N) is 2. The van der Waals surface area contributed by atoms with Crippen LogP contribution in [0.3, 0.4) is 0 Å². The molecule has 16 heavy (non-hydrogen) atoms. The lowest BCUT2D eigenvalue weighted by Gasteiger charge is -2.44. The van der Waals surface area contributed by atoms with Crippen LogP contribution in [0.5, 0.6) is 0 Å². The molecule has 0 unspecified atom stereocenters. The zero-order valence-electron chi connectivity index (χ0n) is 9.91. The highest BCUT2D eigenvalue weighted by Gasteiger charge is 2.39. The number of likely N-dealkylation sites (tertiary alicyclic amines) is 1. The third kappa shape index (κ3) is 2.93. The second kappa shape index (κ2) is 4.69. The van der Waals surface area contributed by atoms with E-state index in [1.807, 2.05) is 0 Å². The molecule has 0 bridgehead atoms. The maximum absolute atomic E-state index is 11.8. The van der Waals surface area contributed by atoms with E-state index in [1.54, 1.807) is 11.8 Å². The van der Waals surface area contributed by atoms with Gasteiger partial charge in [-0.1, -0.05) is 0 Å². The first-order valence-electron chi connectivity index (χ1n) is 6.00. The predicted molar refractivity (Wildman–Crippen MR) is 61.1 cm³/mol. The molecule has 1 amide bonds. The second-order valence-corrected chi connectivity index (χ2v) is 5.13. The number of rotatable bonds is 2. The van der Waals surface area contributed by atoms with E-state index < -0.39 is 5.60 Å². The van der Waals surface area contributed by atoms with Gasteiger partial charge >= 0.3 is 0 Å². The van der Waals surface area contributed by atoms with Crippen LogP contribution in [-0.2, 0) is 4.79 Å². The van der Waals surface area contributed by atoms with Gasteiger partial charge in [0.05, 0.1) is 25.2 Å². The number of nitrogens with one attached hydrogen (secondary N) is 1. The van der Waals surface area contributed by atoms with Crippen LogP contribution in [0.1, 0.15) is 13.3 Å². The summed E-state index contributed by atoms with van der Waals surface area (Å²) in [5, 5.41) is 12.9. The number of β-amino-alcohol motifs (C(OH)–C–C–N with tert-alkyl or cyclic N) is 1. The van der Waals surface area contributed by atoms with Crippen molar-refractivity contribution < 1.29 is 9.90 Å². The molecule has 2 aliphatic rings. The maximum atomic E-state index is 11.8. The van der Waals surface area contributed by atoms with Crippen molar-refractivity contribution in [1.29, 1.82) is 0 Å². The highest BCUT2D eigenvalue weighted by Crippen LogP contribution is 2.19. The summed E-state index contributed by atoms with van der Waals surface area (Å²) in [6.07, 6.45) is 1.10. The van der Waals surface area contributed by atoms with Crippen molar-refractivity contribution in [3.8, 4) is 0 Å². The average molecular weight is 227 g/mol. The molecule has 2 aliphatic heterocycles. The van der Waals surface area contributed by atoms with Gasteiger partial charge in [-0.25, -0.2) is 0 Å². The Morgan fingerprint density at radius 1 is 1.38 bits per heavy atom. The minimum atomic E-state index is -0.657. The molecule has 2 heterocycles. The first-order valence-corrected chi connectivity index (χ1v) is 6.00. The van der Waals surface area contributed by atoms with Crippen molar-refractivity contribution in [3.63, 3.8) is 0 Å². The standard InChI is InChI=1S/C11H21N3O2/c1-11(16)8-14(9-11)10(15)7-13-5-2-3-12-4-6-13/h12,16H,2-9H2,1H3. The average Bonchev–Trinajstić information content (AvgIpc) is 2.42. The Kier molecular flexibility index (Phi) is 3.47. The van der Waals surface area contributed by atoms with Crippen molar-refractivity contribution in [1.82, 2.24) is 15.1 Å². The smallest absolute Gasteiger partial charge is 0.236 e. The Bertz CT molecular complexity index is 252. The van der Waals surface area contributed by atoms with Gasteiger partial charge in [0.25, 0.3) is 0 Å². The summed E-state index contributed by atoms with van der Waals surface area (Å²) in [5.74, 6) is 0.147. The summed E-state index contributed by atoms with van der Waals surface area (Å²) < 4.78 is 0. The molecule has 0 saturated carbocycles. The van der Waals surface area contributed by atoms with Gasteiger partial charge in [-0.15, -0.1) is 0 Å². The van der Waals surface area contributed by atoms with Gasteiger partial charge in [0.2, 0.25) is 5.91 Å². The van der Waals surface area contributed by atoms with Gasteiger partial charge < -0.3 is 15.3 Å². The van der Waals surface area contributed by atoms with Gasteiger partial charge in [-0.3, -0.25) is 9.69 Å². The van der Waals surface area contributed by atoms with Crippen LogP contribution in [0.15, 0.2) is 0 Å². The number of amides is 1. The topological polar surface area (TPSA) is 55.8 Å². The van der Waals surface area contributed by atoms with Crippen molar-refractivity contribution in [2.24, 2.45) is 0 Å². The van der Waals surface area contributed by atoms with Crippen molar-refractivity contribution >= 4 is 5.91 Å². The number of aliphatic hydroxyl groups is 1. The van der Waals surface area contributed by atoms with Crippen LogP contribution >= 0.6 is 0 Å². The summed E-state index contributed by atoms with van der Waals surface area (Å²) in [6, 6.07) is 0. The van der Waals surface area contributed by atoms with E-state index in [4.69, 9.17) is 0 Å². The molecule has 2 rings (SSSR count). The van der Waals surface area contributed by atoms with Crippen LogP contribution in [0.25, 0.3) is 0 Å². The molecule has 5 heteroatoms. The third-order valence-electron chi connectivity index (χ3n) is 3.21. The normalized spacial score (nSPS) is 26.0. The molecule has 0 aromatic heterocycles. The van der Waals surface area contributed by atoms with Crippen LogP contribution < -0.4 is 5.32 Å². The van der Waals surface area contributed by atoms with E-state index in [9.17, 15) is 9.90 Å². The molecule has 0 aromatic rings. The Morgan fingerprint density at radius 3 is 2.81 bits per heavy atom. The number of carbonyl (C=O) groups is 1. The highest BCUT2D eigenvalue weighted by molar-refractivity contribution is 5.79. The van der Waals surface area contributed by atoms with Crippen LogP contribution in [0.2, 0.25) is 0 Å². The largest absolute Gasteiger partial charge is 0.386 e. The summed E-state index contributed by atoms with van der Waals surface area (Å²) in [6.45, 7) is 7.17. The monoisotopic (exact) mass is 227 g/mol. The quantitative estimate of drug-likeness (QED) is 0.627. The Balaban J connectivity index is 1.74. The molecular formula is C11H21N3O2. The fraction of sp³-hybridized carbons (Fsp3) is 0.909. The minimum Gasteiger partial charge on any atom is -0.386 e. The van der Waals surface area contributed by atoms with E-state index >= 15 is 0 Å². The molecule has 0 radical (unpaired) electrons. The van der Waals surface area contributed by atoms with Gasteiger partial charge in [0.1, 0.15) is 0 Å². The molecule has 5 nitrogen and oxygen atoms in total. The highest BCUT2D eigenvalue weighted by atomic mass is 16.3. The lowest BCUT2D eigenvalue weighted by Crippen LogP contribution is -2.63. The Morgan fingerprint density at radius 2 is 2.12 bits per heavy atom. The molecule has 92 valence electrons. The summed E-state index contributed by atoms with van der Waals surface area (Å²) in [4.78, 5) is 15.8. The molecule has 0 atom stereocenters. The summed E-state index contributed by atoms with van der Waals surface area (Å²) in [5.41, 5.74) is -0.657. The van der Waals surface area contributed by atoms with Crippen LogP contribution in [0, 0.1) is 0 Å². The zero-order valence-corrected chi connectivity index (χ0v) is 9.91. The van der Waals surface area contributed by atoms with E-state index in [0.29, 0.717) is 19.6 Å². The molecule has 0 aliphatic carbocycles. The van der Waals surface area contributed by atoms with Gasteiger partial charge in [0, 0.05) is 13.1 Å². The van der Waals surface area contributed by atoms with Crippen molar-refractivity contribution in [2.45, 2.75) is 18.9 Å². The third-order valence-corrected chi connectivity index (χ3v) is 3.21. The molecule has 2 N–H and O–H groups in total. The number of hydrogen-bond donors (Lipinski definition) is 2. The first-order chi connectivity index (χ1) is 7.57. The van der Waals surface area contributed by atoms with E-state index in [-0.39, 0.29) is 5.91 Å². The Hall–Kier alpha value is -0.650. The van der Waals surface area contributed by atoms with Gasteiger partial charge in [0.15, 0.2) is 0 Å². The van der Waals surface area contributed by atoms with Crippen LogP contribution in [-0.4, -0.2) is 72.2 Å². The maximum Gasteiger partial charge on any atom is 0.236 e. The zero-order chi connectivity index (χ0) is 11.6.